The van der Waals surface area contributed by atoms with E-state index in [2.05, 4.69) is 13.8 Å². The lowest BCUT2D eigenvalue weighted by Crippen LogP contribution is -2.26. The van der Waals surface area contributed by atoms with Crippen LogP contribution in [-0.4, -0.2) is 37.0 Å². The van der Waals surface area contributed by atoms with E-state index in [0.29, 0.717) is 13.0 Å². The van der Waals surface area contributed by atoms with E-state index in [4.69, 9.17) is 9.47 Å². The minimum absolute atomic E-state index is 0.0913. The van der Waals surface area contributed by atoms with Crippen molar-refractivity contribution in [1.29, 1.82) is 0 Å². The molecule has 0 spiro atoms. The van der Waals surface area contributed by atoms with Crippen LogP contribution >= 0.6 is 0 Å². The van der Waals surface area contributed by atoms with Crippen molar-refractivity contribution in [3.63, 3.8) is 0 Å². The SMILES string of the molecule is CCCCCCCCCCCCCCCCCCCCCCCCOC(CO)COC(=O)CCCCCCCCCCCCCCCCCCCCCCC. The highest BCUT2D eigenvalue weighted by Gasteiger charge is 2.11. The molecule has 0 aromatic rings. The second-order valence-corrected chi connectivity index (χ2v) is 17.6. The average molecular weight is 779 g/mol. The zero-order valence-corrected chi connectivity index (χ0v) is 38.0. The molecule has 4 heteroatoms. The Hall–Kier alpha value is -0.610. The monoisotopic (exact) mass is 779 g/mol. The maximum absolute atomic E-state index is 12.2. The number of esters is 1. The first-order chi connectivity index (χ1) is 27.2. The van der Waals surface area contributed by atoms with E-state index in [-0.39, 0.29) is 19.2 Å². The van der Waals surface area contributed by atoms with Gasteiger partial charge in [0.15, 0.2) is 0 Å². The van der Waals surface area contributed by atoms with Crippen molar-refractivity contribution >= 4 is 5.97 Å². The highest BCUT2D eigenvalue weighted by atomic mass is 16.6. The smallest absolute Gasteiger partial charge is 0.305 e. The Balaban J connectivity index is 3.32. The molecule has 330 valence electrons. The molecule has 0 aliphatic heterocycles. The molecule has 0 bridgehead atoms. The number of hydrogen-bond donors (Lipinski definition) is 1. The van der Waals surface area contributed by atoms with Crippen LogP contribution in [0.15, 0.2) is 0 Å². The molecule has 0 aliphatic rings. The molecule has 0 rings (SSSR count). The fraction of sp³-hybridized carbons (Fsp3) is 0.980. The van der Waals surface area contributed by atoms with Gasteiger partial charge < -0.3 is 14.6 Å². The molecular formula is C51H102O4. The third-order valence-electron chi connectivity index (χ3n) is 12.0. The van der Waals surface area contributed by atoms with Crippen molar-refractivity contribution in [2.24, 2.45) is 0 Å². The lowest BCUT2D eigenvalue weighted by Gasteiger charge is -2.15. The van der Waals surface area contributed by atoms with Crippen molar-refractivity contribution in [1.82, 2.24) is 0 Å². The molecule has 0 saturated carbocycles. The van der Waals surface area contributed by atoms with E-state index >= 15 is 0 Å². The third kappa shape index (κ3) is 47.7. The molecule has 1 N–H and O–H groups in total. The summed E-state index contributed by atoms with van der Waals surface area (Å²) in [7, 11) is 0. The molecule has 0 saturated heterocycles. The molecule has 55 heavy (non-hydrogen) atoms. The molecule has 0 amide bonds. The quantitative estimate of drug-likeness (QED) is 0.0494. The van der Waals surface area contributed by atoms with Gasteiger partial charge in [0.1, 0.15) is 12.7 Å². The Bertz CT molecular complexity index is 696. The van der Waals surface area contributed by atoms with Gasteiger partial charge >= 0.3 is 5.97 Å². The van der Waals surface area contributed by atoms with Crippen LogP contribution in [-0.2, 0) is 14.3 Å². The second-order valence-electron chi connectivity index (χ2n) is 17.6. The summed E-state index contributed by atoms with van der Waals surface area (Å²) in [5.41, 5.74) is 0. The van der Waals surface area contributed by atoms with Gasteiger partial charge in [-0.1, -0.05) is 277 Å². The van der Waals surface area contributed by atoms with Gasteiger partial charge in [0.05, 0.1) is 6.61 Å². The van der Waals surface area contributed by atoms with Crippen LogP contribution in [0.5, 0.6) is 0 Å². The Morgan fingerprint density at radius 2 is 0.600 bits per heavy atom. The number of carbonyl (C=O) groups excluding carboxylic acids is 1. The van der Waals surface area contributed by atoms with Crippen LogP contribution in [0.1, 0.15) is 296 Å². The van der Waals surface area contributed by atoms with Crippen LogP contribution in [0.25, 0.3) is 0 Å². The lowest BCUT2D eigenvalue weighted by molar-refractivity contribution is -0.149. The second kappa shape index (κ2) is 49.5. The van der Waals surface area contributed by atoms with Gasteiger partial charge in [-0.15, -0.1) is 0 Å². The summed E-state index contributed by atoms with van der Waals surface area (Å²) >= 11 is 0. The Kier molecular flexibility index (Phi) is 49.0. The van der Waals surface area contributed by atoms with Crippen LogP contribution < -0.4 is 0 Å². The fourth-order valence-corrected chi connectivity index (χ4v) is 8.07. The summed E-state index contributed by atoms with van der Waals surface area (Å²) in [6, 6.07) is 0. The number of aliphatic hydroxyl groups is 1. The molecule has 0 fully saturated rings. The van der Waals surface area contributed by atoms with Crippen LogP contribution in [0.3, 0.4) is 0 Å². The van der Waals surface area contributed by atoms with Crippen molar-refractivity contribution in [2.45, 2.75) is 302 Å². The molecule has 0 heterocycles. The zero-order chi connectivity index (χ0) is 39.8. The molecular weight excluding hydrogens is 677 g/mol. The highest BCUT2D eigenvalue weighted by Crippen LogP contribution is 2.17. The number of rotatable bonds is 49. The van der Waals surface area contributed by atoms with Gasteiger partial charge in [-0.05, 0) is 12.8 Å². The maximum Gasteiger partial charge on any atom is 0.305 e. The van der Waals surface area contributed by atoms with Crippen molar-refractivity contribution in [2.75, 3.05) is 19.8 Å². The average Bonchev–Trinajstić information content (AvgIpc) is 3.19. The minimum atomic E-state index is -0.390. The van der Waals surface area contributed by atoms with Gasteiger partial charge in [-0.3, -0.25) is 4.79 Å². The van der Waals surface area contributed by atoms with Gasteiger partial charge in [0.2, 0.25) is 0 Å². The van der Waals surface area contributed by atoms with Gasteiger partial charge in [0, 0.05) is 13.0 Å². The number of unbranched alkanes of at least 4 members (excludes halogenated alkanes) is 41. The van der Waals surface area contributed by atoms with E-state index in [1.54, 1.807) is 0 Å². The minimum Gasteiger partial charge on any atom is -0.463 e. The highest BCUT2D eigenvalue weighted by molar-refractivity contribution is 5.69. The summed E-state index contributed by atoms with van der Waals surface area (Å²) in [4.78, 5) is 12.2. The standard InChI is InChI=1S/C51H102O4/c1-3-5-7-9-11-13-15-17-19-21-23-25-27-29-31-33-35-37-39-41-43-45-47-54-50(48-52)49-55-51(53)46-44-42-40-38-36-34-32-30-28-26-24-22-20-18-16-14-12-10-8-6-4-2/h50,52H,3-49H2,1-2H3. The van der Waals surface area contributed by atoms with E-state index in [1.807, 2.05) is 0 Å². The molecule has 0 aromatic heterocycles. The zero-order valence-electron chi connectivity index (χ0n) is 38.0. The van der Waals surface area contributed by atoms with Crippen LogP contribution in [0.4, 0.5) is 0 Å². The van der Waals surface area contributed by atoms with E-state index in [9.17, 15) is 9.90 Å². The summed E-state index contributed by atoms with van der Waals surface area (Å²) in [6.45, 7) is 5.32. The first-order valence-electron chi connectivity index (χ1n) is 25.6. The summed E-state index contributed by atoms with van der Waals surface area (Å²) in [6.07, 6.45) is 59.3. The van der Waals surface area contributed by atoms with Crippen LogP contribution in [0, 0.1) is 0 Å². The van der Waals surface area contributed by atoms with Crippen LogP contribution in [0.2, 0.25) is 0 Å². The molecule has 0 aromatic carbocycles. The largest absolute Gasteiger partial charge is 0.463 e. The van der Waals surface area contributed by atoms with Crippen molar-refractivity contribution < 1.29 is 19.4 Å². The Labute approximate surface area is 346 Å². The third-order valence-corrected chi connectivity index (χ3v) is 12.0. The number of aliphatic hydroxyl groups excluding tert-OH is 1. The molecule has 4 nitrogen and oxygen atoms in total. The van der Waals surface area contributed by atoms with E-state index in [0.717, 1.165) is 19.3 Å². The lowest BCUT2D eigenvalue weighted by atomic mass is 10.0. The Morgan fingerprint density at radius 3 is 0.855 bits per heavy atom. The van der Waals surface area contributed by atoms with Gasteiger partial charge in [0.25, 0.3) is 0 Å². The number of carbonyl (C=O) groups is 1. The van der Waals surface area contributed by atoms with Crippen molar-refractivity contribution in [3.05, 3.63) is 0 Å². The summed E-state index contributed by atoms with van der Waals surface area (Å²) in [5, 5.41) is 9.66. The molecule has 1 atom stereocenters. The van der Waals surface area contributed by atoms with E-state index < -0.39 is 6.10 Å². The maximum atomic E-state index is 12.2. The fourth-order valence-electron chi connectivity index (χ4n) is 8.07. The van der Waals surface area contributed by atoms with Crippen molar-refractivity contribution in [3.8, 4) is 0 Å². The predicted molar refractivity (Wildman–Crippen MR) is 242 cm³/mol. The molecule has 0 radical (unpaired) electrons. The number of hydrogen-bond acceptors (Lipinski definition) is 4. The Morgan fingerprint density at radius 1 is 0.364 bits per heavy atom. The normalized spacial score (nSPS) is 12.1. The predicted octanol–water partition coefficient (Wildman–Crippen LogP) is 17.1. The van der Waals surface area contributed by atoms with Gasteiger partial charge in [-0.25, -0.2) is 0 Å². The topological polar surface area (TPSA) is 55.8 Å². The van der Waals surface area contributed by atoms with E-state index in [1.165, 1.54) is 257 Å². The first-order valence-corrected chi connectivity index (χ1v) is 25.6. The molecule has 1 unspecified atom stereocenters. The first kappa shape index (κ1) is 54.4. The molecule has 0 aliphatic carbocycles. The summed E-state index contributed by atoms with van der Waals surface area (Å²) in [5.74, 6) is -0.149. The number of ether oxygens (including phenoxy) is 2. The summed E-state index contributed by atoms with van der Waals surface area (Å²) < 4.78 is 11.2. The van der Waals surface area contributed by atoms with Gasteiger partial charge in [-0.2, -0.15) is 0 Å².